The lowest BCUT2D eigenvalue weighted by Crippen LogP contribution is -2.33. The van der Waals surface area contributed by atoms with Crippen molar-refractivity contribution >= 4 is 17.7 Å². The van der Waals surface area contributed by atoms with Gasteiger partial charge >= 0.3 is 5.97 Å². The molecule has 0 saturated heterocycles. The third-order valence-electron chi connectivity index (χ3n) is 2.72. The van der Waals surface area contributed by atoms with Gasteiger partial charge in [0.1, 0.15) is 6.04 Å². The maximum Gasteiger partial charge on any atom is 0.321 e. The minimum Gasteiger partial charge on any atom is -0.480 e. The summed E-state index contributed by atoms with van der Waals surface area (Å²) >= 11 is 5.35. The highest BCUT2D eigenvalue weighted by Crippen LogP contribution is 2.27. The Morgan fingerprint density at radius 3 is 2.54 bits per heavy atom. The Labute approximate surface area is 83.6 Å². The summed E-state index contributed by atoms with van der Waals surface area (Å²) in [5.41, 5.74) is 0. The van der Waals surface area contributed by atoms with Crippen molar-refractivity contribution in [1.29, 1.82) is 0 Å². The van der Waals surface area contributed by atoms with Gasteiger partial charge in [-0.25, -0.2) is 4.84 Å². The number of halogens is 1. The number of aliphatic carboxylic acids is 1. The quantitative estimate of drug-likeness (QED) is 0.692. The number of hydrogen-bond acceptors (Lipinski definition) is 2. The average Bonchev–Trinajstić information content (AvgIpc) is 2.15. The number of carboxylic acids is 1. The zero-order valence-electron chi connectivity index (χ0n) is 7.63. The molecule has 0 aromatic rings. The van der Waals surface area contributed by atoms with Crippen LogP contribution in [-0.4, -0.2) is 17.1 Å². The van der Waals surface area contributed by atoms with Crippen molar-refractivity contribution in [3.05, 3.63) is 0 Å². The fourth-order valence-electron chi connectivity index (χ4n) is 1.95. The molecule has 0 aromatic carbocycles. The van der Waals surface area contributed by atoms with E-state index in [2.05, 4.69) is 4.84 Å². The Balaban J connectivity index is 2.31. The molecule has 0 amide bonds. The maximum absolute atomic E-state index is 10.7. The van der Waals surface area contributed by atoms with E-state index in [1.807, 2.05) is 0 Å². The van der Waals surface area contributed by atoms with Crippen LogP contribution in [-0.2, 0) is 4.79 Å². The van der Waals surface area contributed by atoms with Crippen LogP contribution in [0.25, 0.3) is 0 Å². The summed E-state index contributed by atoms with van der Waals surface area (Å²) < 4.78 is 0. The number of nitrogens with one attached hydrogen (secondary N) is 1. The van der Waals surface area contributed by atoms with Crippen LogP contribution >= 0.6 is 11.8 Å². The third-order valence-corrected chi connectivity index (χ3v) is 2.99. The first kappa shape index (κ1) is 10.8. The van der Waals surface area contributed by atoms with Gasteiger partial charge in [-0.2, -0.15) is 0 Å². The number of hydrogen-bond donors (Lipinski definition) is 2. The molecule has 2 N–H and O–H groups in total. The predicted molar refractivity (Wildman–Crippen MR) is 51.6 cm³/mol. The summed E-state index contributed by atoms with van der Waals surface area (Å²) in [4.78, 5) is 13.0. The molecule has 1 aliphatic rings. The first-order valence-electron chi connectivity index (χ1n) is 4.83. The second-order valence-electron chi connectivity index (χ2n) is 3.74. The summed E-state index contributed by atoms with van der Waals surface area (Å²) in [5, 5.41) is 8.76. The van der Waals surface area contributed by atoms with Crippen molar-refractivity contribution in [1.82, 2.24) is 4.84 Å². The summed E-state index contributed by atoms with van der Waals surface area (Å²) in [7, 11) is 0. The van der Waals surface area contributed by atoms with E-state index in [9.17, 15) is 4.79 Å². The van der Waals surface area contributed by atoms with Crippen molar-refractivity contribution in [3.8, 4) is 0 Å². The monoisotopic (exact) mass is 205 g/mol. The largest absolute Gasteiger partial charge is 0.480 e. The van der Waals surface area contributed by atoms with Crippen LogP contribution < -0.4 is 4.84 Å². The molecule has 1 rings (SSSR count). The second-order valence-corrected chi connectivity index (χ2v) is 3.96. The van der Waals surface area contributed by atoms with Crippen molar-refractivity contribution in [2.45, 2.75) is 44.6 Å². The average molecular weight is 206 g/mol. The molecule has 0 spiro atoms. The van der Waals surface area contributed by atoms with Gasteiger partial charge in [-0.3, -0.25) is 4.79 Å². The molecule has 13 heavy (non-hydrogen) atoms. The van der Waals surface area contributed by atoms with Gasteiger partial charge in [0.25, 0.3) is 0 Å². The standard InChI is InChI=1S/C9H16ClNO2/c10-11-8(9(12)13)6-7-4-2-1-3-5-7/h7-8,11H,1-6H2,(H,12,13)/t8-/m0/s1. The second kappa shape index (κ2) is 5.45. The molecule has 4 heteroatoms. The molecule has 0 heterocycles. The van der Waals surface area contributed by atoms with Gasteiger partial charge in [-0.05, 0) is 24.1 Å². The Hall–Kier alpha value is -0.280. The van der Waals surface area contributed by atoms with Crippen molar-refractivity contribution in [2.75, 3.05) is 0 Å². The topological polar surface area (TPSA) is 49.3 Å². The number of carbonyl (C=O) groups is 1. The van der Waals surface area contributed by atoms with Gasteiger partial charge in [0.05, 0.1) is 0 Å². The summed E-state index contributed by atoms with van der Waals surface area (Å²) in [6.07, 6.45) is 6.74. The molecule has 0 unspecified atom stereocenters. The SMILES string of the molecule is O=C(O)[C@H](CC1CCCCC1)NCl. The highest BCUT2D eigenvalue weighted by molar-refractivity contribution is 6.14. The van der Waals surface area contributed by atoms with Crippen LogP contribution in [0.4, 0.5) is 0 Å². The first-order chi connectivity index (χ1) is 6.24. The third kappa shape index (κ3) is 3.53. The number of carboxylic acid groups (broad SMARTS) is 1. The molecule has 3 nitrogen and oxygen atoms in total. The predicted octanol–water partition coefficient (Wildman–Crippen LogP) is 2.15. The molecule has 1 atom stereocenters. The van der Waals surface area contributed by atoms with Crippen LogP contribution in [0.1, 0.15) is 38.5 Å². The Kier molecular flexibility index (Phi) is 4.53. The van der Waals surface area contributed by atoms with Crippen LogP contribution in [0, 0.1) is 5.92 Å². The minimum atomic E-state index is -0.847. The lowest BCUT2D eigenvalue weighted by Gasteiger charge is -2.23. The van der Waals surface area contributed by atoms with E-state index in [-0.39, 0.29) is 0 Å². The summed E-state index contributed by atoms with van der Waals surface area (Å²) in [6.45, 7) is 0. The molecule has 1 fully saturated rings. The summed E-state index contributed by atoms with van der Waals surface area (Å²) in [6, 6.07) is -0.579. The lowest BCUT2D eigenvalue weighted by molar-refractivity contribution is -0.139. The zero-order valence-corrected chi connectivity index (χ0v) is 8.39. The summed E-state index contributed by atoms with van der Waals surface area (Å²) in [5.74, 6) is -0.304. The Morgan fingerprint density at radius 1 is 1.46 bits per heavy atom. The van der Waals surface area contributed by atoms with Gasteiger partial charge in [0, 0.05) is 0 Å². The van der Waals surface area contributed by atoms with Crippen LogP contribution in [0.3, 0.4) is 0 Å². The van der Waals surface area contributed by atoms with E-state index in [4.69, 9.17) is 16.9 Å². The van der Waals surface area contributed by atoms with Gasteiger partial charge < -0.3 is 5.11 Å². The van der Waals surface area contributed by atoms with E-state index >= 15 is 0 Å². The van der Waals surface area contributed by atoms with Crippen molar-refractivity contribution < 1.29 is 9.90 Å². The fraction of sp³-hybridized carbons (Fsp3) is 0.889. The van der Waals surface area contributed by atoms with E-state index in [0.29, 0.717) is 12.3 Å². The van der Waals surface area contributed by atoms with Crippen molar-refractivity contribution in [3.63, 3.8) is 0 Å². The molecule has 76 valence electrons. The molecule has 1 aliphatic carbocycles. The van der Waals surface area contributed by atoms with Gasteiger partial charge in [-0.15, -0.1) is 0 Å². The minimum absolute atomic E-state index is 0.543. The fourth-order valence-corrected chi connectivity index (χ4v) is 2.13. The highest BCUT2D eigenvalue weighted by Gasteiger charge is 2.22. The molecule has 1 saturated carbocycles. The van der Waals surface area contributed by atoms with E-state index < -0.39 is 12.0 Å². The first-order valence-corrected chi connectivity index (χ1v) is 5.21. The van der Waals surface area contributed by atoms with E-state index in [0.717, 1.165) is 12.8 Å². The Morgan fingerprint density at radius 2 is 2.08 bits per heavy atom. The molecule has 0 bridgehead atoms. The Bertz CT molecular complexity index is 169. The van der Waals surface area contributed by atoms with Gasteiger partial charge in [0.15, 0.2) is 0 Å². The lowest BCUT2D eigenvalue weighted by atomic mass is 9.85. The molecular weight excluding hydrogens is 190 g/mol. The van der Waals surface area contributed by atoms with Crippen molar-refractivity contribution in [2.24, 2.45) is 5.92 Å². The van der Waals surface area contributed by atoms with Crippen LogP contribution in [0.5, 0.6) is 0 Å². The molecule has 0 aromatic heterocycles. The molecule has 0 aliphatic heterocycles. The van der Waals surface area contributed by atoms with Crippen LogP contribution in [0.15, 0.2) is 0 Å². The zero-order chi connectivity index (χ0) is 9.68. The highest BCUT2D eigenvalue weighted by atomic mass is 35.5. The van der Waals surface area contributed by atoms with Gasteiger partial charge in [-0.1, -0.05) is 32.1 Å². The normalized spacial score (nSPS) is 21.3. The molecular formula is C9H16ClNO2. The van der Waals surface area contributed by atoms with E-state index in [1.165, 1.54) is 19.3 Å². The smallest absolute Gasteiger partial charge is 0.321 e. The maximum atomic E-state index is 10.7. The van der Waals surface area contributed by atoms with E-state index in [1.54, 1.807) is 0 Å². The number of rotatable bonds is 4. The van der Waals surface area contributed by atoms with Crippen LogP contribution in [0.2, 0.25) is 0 Å². The molecule has 0 radical (unpaired) electrons. The van der Waals surface area contributed by atoms with Gasteiger partial charge in [0.2, 0.25) is 0 Å².